The lowest BCUT2D eigenvalue weighted by Crippen LogP contribution is -2.23. The first-order chi connectivity index (χ1) is 20.5. The second kappa shape index (κ2) is 11.8. The molecule has 6 rings (SSSR count). The average Bonchev–Trinajstić information content (AvgIpc) is 3.06. The van der Waals surface area contributed by atoms with E-state index in [0.29, 0.717) is 0 Å². The van der Waals surface area contributed by atoms with Gasteiger partial charge in [0.15, 0.2) is 0 Å². The van der Waals surface area contributed by atoms with E-state index < -0.39 is 0 Å². The van der Waals surface area contributed by atoms with E-state index in [-0.39, 0.29) is 5.41 Å². The SMILES string of the molecule is C=C(/N=C(\C)C1(C)C=CC=CC1)c1ccc(-c2c(-c3ccccc3)cc(-c3ccccc3)cc2-c2ccccc2)cc1. The van der Waals surface area contributed by atoms with Gasteiger partial charge in [0.2, 0.25) is 0 Å². The quantitative estimate of drug-likeness (QED) is 0.182. The Balaban J connectivity index is 1.48. The highest BCUT2D eigenvalue weighted by Gasteiger charge is 2.25. The van der Waals surface area contributed by atoms with Crippen LogP contribution in [0.4, 0.5) is 0 Å². The minimum atomic E-state index is -0.0761. The van der Waals surface area contributed by atoms with Crippen LogP contribution in [0.5, 0.6) is 0 Å². The summed E-state index contributed by atoms with van der Waals surface area (Å²) in [5.41, 5.74) is 12.4. The molecule has 204 valence electrons. The molecule has 1 heteroatoms. The maximum Gasteiger partial charge on any atom is 0.0629 e. The number of hydrogen-bond acceptors (Lipinski definition) is 1. The smallest absolute Gasteiger partial charge is 0.0629 e. The van der Waals surface area contributed by atoms with Crippen molar-refractivity contribution in [3.05, 3.63) is 164 Å². The summed E-state index contributed by atoms with van der Waals surface area (Å²) in [6, 6.07) is 45.4. The Kier molecular flexibility index (Phi) is 7.66. The van der Waals surface area contributed by atoms with Crippen LogP contribution in [0.15, 0.2) is 163 Å². The molecule has 0 amide bonds. The topological polar surface area (TPSA) is 12.4 Å². The summed E-state index contributed by atoms with van der Waals surface area (Å²) in [4.78, 5) is 4.96. The Labute approximate surface area is 249 Å². The molecule has 0 fully saturated rings. The zero-order chi connectivity index (χ0) is 28.9. The van der Waals surface area contributed by atoms with E-state index in [2.05, 4.69) is 172 Å². The lowest BCUT2D eigenvalue weighted by atomic mass is 9.80. The molecule has 1 atom stereocenters. The molecule has 0 N–H and O–H groups in total. The molecule has 0 spiro atoms. The largest absolute Gasteiger partial charge is 0.257 e. The third-order valence-electron chi connectivity index (χ3n) is 8.30. The van der Waals surface area contributed by atoms with Gasteiger partial charge in [-0.05, 0) is 75.5 Å². The Bertz CT molecular complexity index is 1730. The van der Waals surface area contributed by atoms with E-state index in [1.807, 2.05) is 0 Å². The van der Waals surface area contributed by atoms with Gasteiger partial charge < -0.3 is 0 Å². The van der Waals surface area contributed by atoms with Crippen LogP contribution in [0, 0.1) is 5.41 Å². The van der Waals surface area contributed by atoms with Crippen LogP contribution < -0.4 is 0 Å². The van der Waals surface area contributed by atoms with Crippen molar-refractivity contribution >= 4 is 11.4 Å². The summed E-state index contributed by atoms with van der Waals surface area (Å²) in [6.07, 6.45) is 9.60. The number of aliphatic imine (C=N–C) groups is 1. The predicted octanol–water partition coefficient (Wildman–Crippen LogP) is 11.3. The van der Waals surface area contributed by atoms with E-state index in [4.69, 9.17) is 4.99 Å². The van der Waals surface area contributed by atoms with Crippen molar-refractivity contribution < 1.29 is 0 Å². The van der Waals surface area contributed by atoms with Gasteiger partial charge in [-0.15, -0.1) is 0 Å². The van der Waals surface area contributed by atoms with Gasteiger partial charge in [0, 0.05) is 11.1 Å². The first kappa shape index (κ1) is 27.2. The van der Waals surface area contributed by atoms with Crippen molar-refractivity contribution in [1.29, 1.82) is 0 Å². The van der Waals surface area contributed by atoms with E-state index in [1.165, 1.54) is 38.9 Å². The van der Waals surface area contributed by atoms with Crippen molar-refractivity contribution in [3.8, 4) is 44.5 Å². The Morgan fingerprint density at radius 2 is 1.14 bits per heavy atom. The Morgan fingerprint density at radius 3 is 1.64 bits per heavy atom. The lowest BCUT2D eigenvalue weighted by Gasteiger charge is -2.26. The highest BCUT2D eigenvalue weighted by atomic mass is 14.8. The van der Waals surface area contributed by atoms with Crippen LogP contribution in [0.2, 0.25) is 0 Å². The number of benzene rings is 5. The van der Waals surface area contributed by atoms with Crippen LogP contribution in [0.25, 0.3) is 50.2 Å². The molecule has 42 heavy (non-hydrogen) atoms. The van der Waals surface area contributed by atoms with Crippen molar-refractivity contribution in [2.24, 2.45) is 10.4 Å². The fourth-order valence-corrected chi connectivity index (χ4v) is 5.66. The van der Waals surface area contributed by atoms with E-state index in [1.54, 1.807) is 0 Å². The van der Waals surface area contributed by atoms with Gasteiger partial charge in [-0.3, -0.25) is 4.99 Å². The van der Waals surface area contributed by atoms with E-state index in [0.717, 1.165) is 29.0 Å². The molecule has 0 saturated carbocycles. The average molecular weight is 542 g/mol. The number of nitrogens with zero attached hydrogens (tertiary/aromatic N) is 1. The zero-order valence-corrected chi connectivity index (χ0v) is 24.3. The molecule has 0 heterocycles. The van der Waals surface area contributed by atoms with Gasteiger partial charge in [0.05, 0.1) is 5.70 Å². The zero-order valence-electron chi connectivity index (χ0n) is 24.3. The van der Waals surface area contributed by atoms with Crippen LogP contribution in [0.3, 0.4) is 0 Å². The molecule has 0 aliphatic heterocycles. The minimum absolute atomic E-state index is 0.0761. The fraction of sp³-hybridized carbons (Fsp3) is 0.0976. The summed E-state index contributed by atoms with van der Waals surface area (Å²) in [5.74, 6) is 0. The van der Waals surface area contributed by atoms with Gasteiger partial charge in [0.1, 0.15) is 0 Å². The maximum absolute atomic E-state index is 4.96. The van der Waals surface area contributed by atoms with Crippen molar-refractivity contribution in [1.82, 2.24) is 0 Å². The highest BCUT2D eigenvalue weighted by molar-refractivity contribution is 5.98. The third-order valence-corrected chi connectivity index (χ3v) is 8.30. The third kappa shape index (κ3) is 5.60. The normalized spacial score (nSPS) is 16.4. The molecule has 1 aliphatic rings. The van der Waals surface area contributed by atoms with Gasteiger partial charge >= 0.3 is 0 Å². The van der Waals surface area contributed by atoms with Gasteiger partial charge in [0.25, 0.3) is 0 Å². The fourth-order valence-electron chi connectivity index (χ4n) is 5.66. The molecule has 1 nitrogen and oxygen atoms in total. The molecule has 0 radical (unpaired) electrons. The van der Waals surface area contributed by atoms with Crippen LogP contribution in [0.1, 0.15) is 25.8 Å². The molecular weight excluding hydrogens is 506 g/mol. The number of allylic oxidation sites excluding steroid dienone is 4. The van der Waals surface area contributed by atoms with Crippen LogP contribution in [-0.2, 0) is 0 Å². The highest BCUT2D eigenvalue weighted by Crippen LogP contribution is 2.43. The van der Waals surface area contributed by atoms with Crippen molar-refractivity contribution in [3.63, 3.8) is 0 Å². The summed E-state index contributed by atoms with van der Waals surface area (Å²) in [6.45, 7) is 8.68. The van der Waals surface area contributed by atoms with Gasteiger partial charge in [-0.25, -0.2) is 0 Å². The monoisotopic (exact) mass is 541 g/mol. The Morgan fingerprint density at radius 1 is 0.619 bits per heavy atom. The van der Waals surface area contributed by atoms with Crippen molar-refractivity contribution in [2.45, 2.75) is 20.3 Å². The molecule has 1 aliphatic carbocycles. The Hall–Kier alpha value is -5.01. The number of hydrogen-bond donors (Lipinski definition) is 0. The van der Waals surface area contributed by atoms with Crippen LogP contribution in [-0.4, -0.2) is 5.71 Å². The molecule has 5 aromatic rings. The standard InChI is InChI=1S/C41H35N/c1-30(42-31(2)41(3)26-14-7-15-27-41)32-22-24-36(25-23-32)40-38(34-18-10-5-11-19-34)28-37(33-16-8-4-9-17-33)29-39(40)35-20-12-6-13-21-35/h4-26,28-29H,1,27H2,2-3H3/b42-31+. The molecule has 1 unspecified atom stereocenters. The second-order valence-electron chi connectivity index (χ2n) is 11.2. The second-order valence-corrected chi connectivity index (χ2v) is 11.2. The summed E-state index contributed by atoms with van der Waals surface area (Å²) in [7, 11) is 0. The summed E-state index contributed by atoms with van der Waals surface area (Å²) >= 11 is 0. The van der Waals surface area contributed by atoms with Crippen molar-refractivity contribution in [2.75, 3.05) is 0 Å². The van der Waals surface area contributed by atoms with Gasteiger partial charge in [-0.2, -0.15) is 0 Å². The summed E-state index contributed by atoms with van der Waals surface area (Å²) < 4.78 is 0. The summed E-state index contributed by atoms with van der Waals surface area (Å²) in [5, 5.41) is 0. The lowest BCUT2D eigenvalue weighted by molar-refractivity contribution is 0.598. The van der Waals surface area contributed by atoms with Gasteiger partial charge in [-0.1, -0.05) is 153 Å². The molecule has 0 bridgehead atoms. The van der Waals surface area contributed by atoms with E-state index >= 15 is 0 Å². The minimum Gasteiger partial charge on any atom is -0.257 e. The van der Waals surface area contributed by atoms with E-state index in [9.17, 15) is 0 Å². The first-order valence-corrected chi connectivity index (χ1v) is 14.6. The first-order valence-electron chi connectivity index (χ1n) is 14.6. The molecular formula is C41H35N. The van der Waals surface area contributed by atoms with Crippen LogP contribution >= 0.6 is 0 Å². The molecule has 0 aromatic heterocycles. The molecule has 5 aromatic carbocycles. The number of rotatable bonds is 7. The maximum atomic E-state index is 4.96. The molecule has 0 saturated heterocycles. The predicted molar refractivity (Wildman–Crippen MR) is 181 cm³/mol.